The Morgan fingerprint density at radius 2 is 1.32 bits per heavy atom. The summed E-state index contributed by atoms with van der Waals surface area (Å²) < 4.78 is 13.0. The first-order valence-electron chi connectivity index (χ1n) is 13.4. The van der Waals surface area contributed by atoms with Gasteiger partial charge in [-0.1, -0.05) is 54.1 Å². The fourth-order valence-electron chi connectivity index (χ4n) is 5.82. The molecule has 40 heavy (non-hydrogen) atoms. The number of rotatable bonds is 4. The summed E-state index contributed by atoms with van der Waals surface area (Å²) >= 11 is 0. The van der Waals surface area contributed by atoms with Crippen molar-refractivity contribution in [1.82, 2.24) is 0 Å². The number of esters is 1. The Balaban J connectivity index is 1.39. The number of carbonyl (C=O) groups is 1. The molecular weight excluding hydrogens is 496 g/mol. The summed E-state index contributed by atoms with van der Waals surface area (Å²) in [5.74, 6) is 0.969. The van der Waals surface area contributed by atoms with Crippen LogP contribution in [0.15, 0.2) is 103 Å². The third-order valence-electron chi connectivity index (χ3n) is 7.77. The van der Waals surface area contributed by atoms with Gasteiger partial charge < -0.3 is 20.1 Å². The van der Waals surface area contributed by atoms with Gasteiger partial charge in [-0.2, -0.15) is 0 Å². The average molecular weight is 525 g/mol. The first-order valence-corrected chi connectivity index (χ1v) is 13.4. The average Bonchev–Trinajstić information content (AvgIpc) is 3.24. The van der Waals surface area contributed by atoms with E-state index in [9.17, 15) is 4.79 Å². The summed E-state index contributed by atoms with van der Waals surface area (Å²) in [6.07, 6.45) is 0. The Morgan fingerprint density at radius 1 is 0.600 bits per heavy atom. The van der Waals surface area contributed by atoms with Gasteiger partial charge in [0.15, 0.2) is 5.60 Å². The molecule has 1 spiro atoms. The number of carbonyl (C=O) groups excluding carboxylic acids is 1. The third kappa shape index (κ3) is 3.74. The molecule has 0 fully saturated rings. The lowest BCUT2D eigenvalue weighted by Gasteiger charge is -2.37. The van der Waals surface area contributed by atoms with Crippen molar-refractivity contribution < 1.29 is 14.3 Å². The maximum Gasteiger partial charge on any atom is 0.340 e. The van der Waals surface area contributed by atoms with Crippen molar-refractivity contribution in [2.45, 2.75) is 26.4 Å². The minimum Gasteiger partial charge on any atom is -0.456 e. The highest BCUT2D eigenvalue weighted by Crippen LogP contribution is 2.57. The maximum atomic E-state index is 13.3. The predicted octanol–water partition coefficient (Wildman–Crippen LogP) is 8.67. The molecule has 0 aliphatic carbocycles. The van der Waals surface area contributed by atoms with Crippen LogP contribution >= 0.6 is 0 Å². The van der Waals surface area contributed by atoms with Crippen molar-refractivity contribution in [3.05, 3.63) is 142 Å². The molecule has 5 nitrogen and oxygen atoms in total. The van der Waals surface area contributed by atoms with Crippen LogP contribution < -0.4 is 15.4 Å². The van der Waals surface area contributed by atoms with Gasteiger partial charge in [-0.15, -0.1) is 0 Å². The van der Waals surface area contributed by atoms with Gasteiger partial charge >= 0.3 is 5.97 Å². The number of para-hydroxylation sites is 1. The Kier molecular flexibility index (Phi) is 5.42. The number of hydrogen-bond donors (Lipinski definition) is 2. The van der Waals surface area contributed by atoms with E-state index in [-0.39, 0.29) is 5.97 Å². The molecule has 0 saturated carbocycles. The van der Waals surface area contributed by atoms with Crippen LogP contribution in [0, 0.1) is 20.8 Å². The number of benzene rings is 5. The van der Waals surface area contributed by atoms with Crippen LogP contribution in [0.2, 0.25) is 0 Å². The first-order chi connectivity index (χ1) is 19.4. The van der Waals surface area contributed by atoms with Crippen molar-refractivity contribution >= 4 is 28.7 Å². The number of fused-ring (bicyclic) bond motifs is 6. The van der Waals surface area contributed by atoms with E-state index < -0.39 is 5.60 Å². The Bertz CT molecular complexity index is 1810. The monoisotopic (exact) mass is 524 g/mol. The Morgan fingerprint density at radius 3 is 2.15 bits per heavy atom. The lowest BCUT2D eigenvalue weighted by Crippen LogP contribution is -2.33. The number of aryl methyl sites for hydroxylation is 3. The number of ether oxygens (including phenoxy) is 2. The zero-order chi connectivity index (χ0) is 27.4. The molecule has 0 radical (unpaired) electrons. The van der Waals surface area contributed by atoms with Gasteiger partial charge in [0.2, 0.25) is 0 Å². The smallest absolute Gasteiger partial charge is 0.340 e. The fraction of sp³-hybridized carbons (Fsp3) is 0.114. The van der Waals surface area contributed by atoms with Crippen molar-refractivity contribution in [1.29, 1.82) is 0 Å². The number of anilines is 4. The summed E-state index contributed by atoms with van der Waals surface area (Å²) in [7, 11) is 0. The predicted molar refractivity (Wildman–Crippen MR) is 158 cm³/mol. The molecule has 196 valence electrons. The van der Waals surface area contributed by atoms with Crippen LogP contribution in [0.1, 0.15) is 43.7 Å². The highest BCUT2D eigenvalue weighted by molar-refractivity contribution is 5.97. The van der Waals surface area contributed by atoms with Gasteiger partial charge in [-0.25, -0.2) is 4.79 Å². The largest absolute Gasteiger partial charge is 0.456 e. The number of nitrogens with one attached hydrogen (secondary N) is 2. The summed E-state index contributed by atoms with van der Waals surface area (Å²) in [6.45, 7) is 6.22. The molecule has 1 unspecified atom stereocenters. The molecule has 2 aliphatic heterocycles. The van der Waals surface area contributed by atoms with Crippen LogP contribution in [0.4, 0.5) is 22.7 Å². The molecular formula is C35H28N2O3. The second-order valence-electron chi connectivity index (χ2n) is 10.5. The second-order valence-corrected chi connectivity index (χ2v) is 10.5. The van der Waals surface area contributed by atoms with E-state index in [2.05, 4.69) is 48.7 Å². The van der Waals surface area contributed by atoms with E-state index in [1.165, 1.54) is 5.56 Å². The zero-order valence-corrected chi connectivity index (χ0v) is 22.5. The molecule has 2 aliphatic rings. The fourth-order valence-corrected chi connectivity index (χ4v) is 5.82. The van der Waals surface area contributed by atoms with E-state index in [1.807, 2.05) is 85.8 Å². The van der Waals surface area contributed by atoms with Gasteiger partial charge in [0.25, 0.3) is 0 Å². The molecule has 5 aromatic rings. The van der Waals surface area contributed by atoms with E-state index in [0.717, 1.165) is 50.6 Å². The van der Waals surface area contributed by atoms with E-state index in [1.54, 1.807) is 0 Å². The molecule has 0 aromatic heterocycles. The molecule has 0 amide bonds. The van der Waals surface area contributed by atoms with Crippen LogP contribution in [-0.4, -0.2) is 5.97 Å². The standard InChI is InChI=1S/C35H28N2O3/c1-21-13-16-30(22(2)17-21)37-25-14-15-28-33(19-25)39-32-18-23(3)31(36-24-9-5-4-6-10-24)20-29(32)35(28)27-12-8-7-11-26(27)34(38)40-35/h4-20,36-37H,1-3H3. The molecule has 7 rings (SSSR count). The highest BCUT2D eigenvalue weighted by atomic mass is 16.6. The Hall–Kier alpha value is -5.03. The van der Waals surface area contributed by atoms with E-state index in [4.69, 9.17) is 9.47 Å². The maximum absolute atomic E-state index is 13.3. The zero-order valence-electron chi connectivity index (χ0n) is 22.5. The molecule has 5 heteroatoms. The molecule has 2 N–H and O–H groups in total. The van der Waals surface area contributed by atoms with Crippen LogP contribution in [0.25, 0.3) is 0 Å². The molecule has 0 bridgehead atoms. The second kappa shape index (κ2) is 9.02. The van der Waals surface area contributed by atoms with Crippen molar-refractivity contribution in [2.75, 3.05) is 10.6 Å². The van der Waals surface area contributed by atoms with Crippen LogP contribution in [0.3, 0.4) is 0 Å². The quantitative estimate of drug-likeness (QED) is 0.230. The summed E-state index contributed by atoms with van der Waals surface area (Å²) in [6, 6.07) is 34.1. The molecule has 5 aromatic carbocycles. The van der Waals surface area contributed by atoms with E-state index >= 15 is 0 Å². The van der Waals surface area contributed by atoms with Crippen molar-refractivity contribution in [3.63, 3.8) is 0 Å². The topological polar surface area (TPSA) is 59.6 Å². The Labute approximate surface area is 233 Å². The summed E-state index contributed by atoms with van der Waals surface area (Å²) in [4.78, 5) is 13.3. The normalized spacial score (nSPS) is 16.4. The van der Waals surface area contributed by atoms with Crippen molar-refractivity contribution in [3.8, 4) is 11.5 Å². The minimum absolute atomic E-state index is 0.343. The minimum atomic E-state index is -1.13. The summed E-state index contributed by atoms with van der Waals surface area (Å²) in [5, 5.41) is 7.06. The lowest BCUT2D eigenvalue weighted by atomic mass is 9.77. The lowest BCUT2D eigenvalue weighted by molar-refractivity contribution is 0.0224. The third-order valence-corrected chi connectivity index (χ3v) is 7.77. The highest BCUT2D eigenvalue weighted by Gasteiger charge is 2.53. The van der Waals surface area contributed by atoms with Gasteiger partial charge in [-0.3, -0.25) is 0 Å². The molecule has 2 heterocycles. The van der Waals surface area contributed by atoms with Gasteiger partial charge in [0, 0.05) is 45.5 Å². The van der Waals surface area contributed by atoms with Gasteiger partial charge in [0.05, 0.1) is 5.56 Å². The molecule has 1 atom stereocenters. The van der Waals surface area contributed by atoms with Crippen LogP contribution in [0.5, 0.6) is 11.5 Å². The van der Waals surface area contributed by atoms with Gasteiger partial charge in [-0.05, 0) is 80.4 Å². The van der Waals surface area contributed by atoms with E-state index in [0.29, 0.717) is 17.1 Å². The molecule has 0 saturated heterocycles. The SMILES string of the molecule is Cc1ccc(Nc2ccc3c(c2)Oc2cc(C)c(Nc4ccccc4)cc2C32OC(=O)c3ccccc32)c(C)c1. The summed E-state index contributed by atoms with van der Waals surface area (Å²) in [5.41, 5.74) is 9.04. The number of hydrogen-bond acceptors (Lipinski definition) is 5. The van der Waals surface area contributed by atoms with Crippen molar-refractivity contribution in [2.24, 2.45) is 0 Å². The van der Waals surface area contributed by atoms with Gasteiger partial charge in [0.1, 0.15) is 11.5 Å². The first kappa shape index (κ1) is 24.0. The van der Waals surface area contributed by atoms with Crippen LogP contribution in [-0.2, 0) is 10.3 Å².